The standard InChI is InChI=1S/C17H20N2O2S/c1-21-15-7-3-2-5-13(15)16-14(18)6-4-9-19(16)17(20)12-8-10-22-11-12/h2-3,5,7-8,10-11,14,16H,4,6,9,18H2,1H3/t14-,16-/m0/s1. The van der Waals surface area contributed by atoms with Crippen LogP contribution in [0.1, 0.15) is 34.8 Å². The molecule has 2 heterocycles. The van der Waals surface area contributed by atoms with Gasteiger partial charge in [0.05, 0.1) is 18.7 Å². The van der Waals surface area contributed by atoms with E-state index in [1.54, 1.807) is 7.11 Å². The van der Waals surface area contributed by atoms with Crippen molar-refractivity contribution in [3.05, 3.63) is 52.2 Å². The fourth-order valence-electron chi connectivity index (χ4n) is 3.11. The topological polar surface area (TPSA) is 55.6 Å². The largest absolute Gasteiger partial charge is 0.496 e. The number of nitrogens with two attached hydrogens (primary N) is 1. The summed E-state index contributed by atoms with van der Waals surface area (Å²) < 4.78 is 5.47. The second kappa shape index (κ2) is 6.50. The zero-order valence-electron chi connectivity index (χ0n) is 12.6. The molecular weight excluding hydrogens is 296 g/mol. The lowest BCUT2D eigenvalue weighted by atomic mass is 9.90. The lowest BCUT2D eigenvalue weighted by molar-refractivity contribution is 0.0573. The number of methoxy groups -OCH3 is 1. The summed E-state index contributed by atoms with van der Waals surface area (Å²) in [5, 5.41) is 3.82. The number of nitrogens with zero attached hydrogens (tertiary/aromatic N) is 1. The summed E-state index contributed by atoms with van der Waals surface area (Å²) in [6.07, 6.45) is 1.85. The van der Waals surface area contributed by atoms with Gasteiger partial charge in [0.15, 0.2) is 0 Å². The van der Waals surface area contributed by atoms with Gasteiger partial charge >= 0.3 is 0 Å². The molecule has 2 N–H and O–H groups in total. The van der Waals surface area contributed by atoms with Gasteiger partial charge in [0.2, 0.25) is 0 Å². The number of para-hydroxylation sites is 1. The number of hydrogen-bond donors (Lipinski definition) is 1. The predicted octanol–water partition coefficient (Wildman–Crippen LogP) is 3.06. The van der Waals surface area contributed by atoms with Gasteiger partial charge in [0.25, 0.3) is 5.91 Å². The highest BCUT2D eigenvalue weighted by Crippen LogP contribution is 2.36. The molecule has 1 fully saturated rings. The Morgan fingerprint density at radius 3 is 2.91 bits per heavy atom. The van der Waals surface area contributed by atoms with Crippen LogP contribution in [0.25, 0.3) is 0 Å². The summed E-state index contributed by atoms with van der Waals surface area (Å²) >= 11 is 1.53. The van der Waals surface area contributed by atoms with Crippen LogP contribution in [0.2, 0.25) is 0 Å². The lowest BCUT2D eigenvalue weighted by Gasteiger charge is -2.40. The summed E-state index contributed by atoms with van der Waals surface area (Å²) in [7, 11) is 1.65. The third kappa shape index (κ3) is 2.74. The highest BCUT2D eigenvalue weighted by atomic mass is 32.1. The Balaban J connectivity index is 1.99. The van der Waals surface area contributed by atoms with E-state index in [2.05, 4.69) is 0 Å². The molecule has 0 radical (unpaired) electrons. The van der Waals surface area contributed by atoms with Crippen molar-refractivity contribution in [3.63, 3.8) is 0 Å². The first-order chi connectivity index (χ1) is 10.7. The molecule has 1 amide bonds. The summed E-state index contributed by atoms with van der Waals surface area (Å²) in [5.41, 5.74) is 8.09. The Morgan fingerprint density at radius 1 is 1.36 bits per heavy atom. The average molecular weight is 316 g/mol. The maximum Gasteiger partial charge on any atom is 0.255 e. The molecule has 1 saturated heterocycles. The molecule has 2 atom stereocenters. The molecule has 1 aromatic carbocycles. The van der Waals surface area contributed by atoms with Crippen LogP contribution < -0.4 is 10.5 Å². The number of likely N-dealkylation sites (tertiary alicyclic amines) is 1. The van der Waals surface area contributed by atoms with Gasteiger partial charge in [0, 0.05) is 23.5 Å². The molecule has 1 aliphatic rings. The predicted molar refractivity (Wildman–Crippen MR) is 88.3 cm³/mol. The first-order valence-corrected chi connectivity index (χ1v) is 8.38. The van der Waals surface area contributed by atoms with Crippen molar-refractivity contribution >= 4 is 17.2 Å². The summed E-state index contributed by atoms with van der Waals surface area (Å²) in [4.78, 5) is 14.7. The Hall–Kier alpha value is -1.85. The van der Waals surface area contributed by atoms with Gasteiger partial charge in [-0.05, 0) is 30.4 Å². The molecule has 3 rings (SSSR count). The number of amides is 1. The van der Waals surface area contributed by atoms with E-state index in [1.807, 2.05) is 46.0 Å². The Morgan fingerprint density at radius 2 is 2.18 bits per heavy atom. The molecule has 2 aromatic rings. The Labute approximate surface area is 134 Å². The minimum Gasteiger partial charge on any atom is -0.496 e. The quantitative estimate of drug-likeness (QED) is 0.947. The smallest absolute Gasteiger partial charge is 0.255 e. The Bertz CT molecular complexity index is 642. The van der Waals surface area contributed by atoms with Gasteiger partial charge in [-0.15, -0.1) is 0 Å². The number of benzene rings is 1. The summed E-state index contributed by atoms with van der Waals surface area (Å²) in [6.45, 7) is 0.727. The van der Waals surface area contributed by atoms with E-state index in [-0.39, 0.29) is 18.0 Å². The number of piperidine rings is 1. The molecule has 0 aliphatic carbocycles. The third-order valence-corrected chi connectivity index (χ3v) is 4.85. The lowest BCUT2D eigenvalue weighted by Crippen LogP contribution is -2.48. The van der Waals surface area contributed by atoms with Crippen molar-refractivity contribution < 1.29 is 9.53 Å². The van der Waals surface area contributed by atoms with Crippen LogP contribution in [-0.4, -0.2) is 30.5 Å². The van der Waals surface area contributed by atoms with E-state index in [9.17, 15) is 4.79 Å². The minimum atomic E-state index is -0.141. The van der Waals surface area contributed by atoms with Gasteiger partial charge in [-0.1, -0.05) is 18.2 Å². The second-order valence-electron chi connectivity index (χ2n) is 5.50. The van der Waals surface area contributed by atoms with Crippen molar-refractivity contribution in [1.82, 2.24) is 4.90 Å². The third-order valence-electron chi connectivity index (χ3n) is 4.16. The monoisotopic (exact) mass is 316 g/mol. The van der Waals surface area contributed by atoms with Crippen LogP contribution in [0.15, 0.2) is 41.1 Å². The summed E-state index contributed by atoms with van der Waals surface area (Å²) in [6, 6.07) is 9.47. The number of hydrogen-bond acceptors (Lipinski definition) is 4. The molecule has 4 nitrogen and oxygen atoms in total. The summed E-state index contributed by atoms with van der Waals surface area (Å²) in [5.74, 6) is 0.834. The maximum atomic E-state index is 12.8. The second-order valence-corrected chi connectivity index (χ2v) is 6.28. The van der Waals surface area contributed by atoms with E-state index in [1.165, 1.54) is 11.3 Å². The van der Waals surface area contributed by atoms with Gasteiger partial charge in [-0.25, -0.2) is 0 Å². The van der Waals surface area contributed by atoms with Crippen LogP contribution in [0, 0.1) is 0 Å². The molecule has 116 valence electrons. The van der Waals surface area contributed by atoms with Crippen molar-refractivity contribution in [1.29, 1.82) is 0 Å². The molecule has 1 aliphatic heterocycles. The zero-order chi connectivity index (χ0) is 15.5. The van der Waals surface area contributed by atoms with Gasteiger partial charge < -0.3 is 15.4 Å². The van der Waals surface area contributed by atoms with Crippen LogP contribution >= 0.6 is 11.3 Å². The number of carbonyl (C=O) groups is 1. The van der Waals surface area contributed by atoms with Gasteiger partial charge in [-0.3, -0.25) is 4.79 Å². The van der Waals surface area contributed by atoms with Crippen molar-refractivity contribution in [2.75, 3.05) is 13.7 Å². The number of carbonyl (C=O) groups excluding carboxylic acids is 1. The fourth-order valence-corrected chi connectivity index (χ4v) is 3.74. The molecule has 0 saturated carbocycles. The van der Waals surface area contributed by atoms with Crippen LogP contribution in [0.4, 0.5) is 0 Å². The van der Waals surface area contributed by atoms with Crippen LogP contribution in [0.5, 0.6) is 5.75 Å². The minimum absolute atomic E-state index is 0.0484. The van der Waals surface area contributed by atoms with E-state index in [4.69, 9.17) is 10.5 Å². The number of rotatable bonds is 3. The SMILES string of the molecule is COc1ccccc1[C@H]1[C@@H](N)CCCN1C(=O)c1ccsc1. The van der Waals surface area contributed by atoms with Gasteiger partial charge in [0.1, 0.15) is 5.75 Å². The first-order valence-electron chi connectivity index (χ1n) is 7.44. The molecule has 5 heteroatoms. The normalized spacial score (nSPS) is 21.6. The van der Waals surface area contributed by atoms with E-state index in [0.717, 1.165) is 36.3 Å². The zero-order valence-corrected chi connectivity index (χ0v) is 13.4. The highest BCUT2D eigenvalue weighted by molar-refractivity contribution is 7.08. The maximum absolute atomic E-state index is 12.8. The molecule has 0 unspecified atom stereocenters. The van der Waals surface area contributed by atoms with E-state index >= 15 is 0 Å². The molecule has 1 aromatic heterocycles. The average Bonchev–Trinajstić information content (AvgIpc) is 3.08. The molecule has 22 heavy (non-hydrogen) atoms. The molecule has 0 bridgehead atoms. The van der Waals surface area contributed by atoms with E-state index < -0.39 is 0 Å². The fraction of sp³-hybridized carbons (Fsp3) is 0.353. The number of thiophene rings is 1. The Kier molecular flexibility index (Phi) is 4.45. The number of ether oxygens (including phenoxy) is 1. The molecule has 0 spiro atoms. The van der Waals surface area contributed by atoms with E-state index in [0.29, 0.717) is 0 Å². The van der Waals surface area contributed by atoms with Crippen LogP contribution in [0.3, 0.4) is 0 Å². The van der Waals surface area contributed by atoms with Gasteiger partial charge in [-0.2, -0.15) is 11.3 Å². The molecular formula is C17H20N2O2S. The van der Waals surface area contributed by atoms with Crippen molar-refractivity contribution in [3.8, 4) is 5.75 Å². The van der Waals surface area contributed by atoms with Crippen LogP contribution in [-0.2, 0) is 0 Å². The van der Waals surface area contributed by atoms with Crippen molar-refractivity contribution in [2.45, 2.75) is 24.9 Å². The van der Waals surface area contributed by atoms with Crippen molar-refractivity contribution in [2.24, 2.45) is 5.73 Å². The highest BCUT2D eigenvalue weighted by Gasteiger charge is 2.35. The first kappa shape index (κ1) is 15.1.